The molecule has 0 spiro atoms. The molecule has 3 heterocycles. The van der Waals surface area contributed by atoms with Gasteiger partial charge in [0.1, 0.15) is 11.3 Å². The SMILES string of the molecule is COc1cc(C(=O)NCCN(C)C)c([N+](=O)[O-])cc1Nc1nccc(-c2cnn3ccccc23)n1. The monoisotopic (exact) mass is 476 g/mol. The van der Waals surface area contributed by atoms with Gasteiger partial charge in [-0.05, 0) is 32.3 Å². The van der Waals surface area contributed by atoms with Crippen LogP contribution in [0.4, 0.5) is 17.3 Å². The van der Waals surface area contributed by atoms with E-state index < -0.39 is 10.8 Å². The minimum atomic E-state index is -0.609. The number of nitrogens with one attached hydrogen (secondary N) is 2. The van der Waals surface area contributed by atoms with E-state index in [1.165, 1.54) is 19.2 Å². The molecule has 0 atom stereocenters. The number of rotatable bonds is 9. The summed E-state index contributed by atoms with van der Waals surface area (Å²) in [6.45, 7) is 0.937. The number of aromatic nitrogens is 4. The van der Waals surface area contributed by atoms with Gasteiger partial charge in [-0.1, -0.05) is 6.07 Å². The number of hydrogen-bond acceptors (Lipinski definition) is 9. The average Bonchev–Trinajstić information content (AvgIpc) is 3.28. The molecule has 12 nitrogen and oxygen atoms in total. The van der Waals surface area contributed by atoms with Gasteiger partial charge in [-0.15, -0.1) is 0 Å². The number of benzene rings is 1. The Morgan fingerprint density at radius 1 is 1.26 bits per heavy atom. The van der Waals surface area contributed by atoms with Gasteiger partial charge in [0.05, 0.1) is 35.1 Å². The van der Waals surface area contributed by atoms with Crippen molar-refractivity contribution >= 4 is 28.7 Å². The molecule has 4 aromatic rings. The standard InChI is InChI=1S/C23H24N8O4/c1-29(2)11-9-24-22(32)15-12-21(35-3)18(13-20(15)31(33)34)28-23-25-8-7-17(27-23)16-14-26-30-10-5-4-6-19(16)30/h4-8,10,12-14H,9,11H2,1-3H3,(H,24,32)(H,25,27,28). The summed E-state index contributed by atoms with van der Waals surface area (Å²) >= 11 is 0. The van der Waals surface area contributed by atoms with E-state index in [9.17, 15) is 14.9 Å². The summed E-state index contributed by atoms with van der Waals surface area (Å²) in [6, 6.07) is 10.0. The molecule has 0 fully saturated rings. The van der Waals surface area contributed by atoms with E-state index >= 15 is 0 Å². The Morgan fingerprint density at radius 2 is 2.09 bits per heavy atom. The molecule has 4 rings (SSSR count). The van der Waals surface area contributed by atoms with Crippen molar-refractivity contribution in [3.8, 4) is 17.0 Å². The molecule has 0 saturated carbocycles. The number of ether oxygens (including phenoxy) is 1. The zero-order valence-electron chi connectivity index (χ0n) is 19.4. The lowest BCUT2D eigenvalue weighted by Gasteiger charge is -2.14. The highest BCUT2D eigenvalue weighted by Crippen LogP contribution is 2.34. The van der Waals surface area contributed by atoms with Gasteiger partial charge in [0.2, 0.25) is 5.95 Å². The summed E-state index contributed by atoms with van der Waals surface area (Å²) in [5.74, 6) is -0.123. The lowest BCUT2D eigenvalue weighted by molar-refractivity contribution is -0.385. The molecular formula is C23H24N8O4. The summed E-state index contributed by atoms with van der Waals surface area (Å²) in [6.07, 6.45) is 5.11. The number of nitro benzene ring substituents is 1. The van der Waals surface area contributed by atoms with Crippen LogP contribution in [-0.4, -0.2) is 69.6 Å². The summed E-state index contributed by atoms with van der Waals surface area (Å²) < 4.78 is 7.14. The number of pyridine rings is 1. The molecule has 0 aliphatic carbocycles. The molecule has 0 bridgehead atoms. The highest BCUT2D eigenvalue weighted by atomic mass is 16.6. The van der Waals surface area contributed by atoms with Crippen LogP contribution in [0.2, 0.25) is 0 Å². The number of fused-ring (bicyclic) bond motifs is 1. The Morgan fingerprint density at radius 3 is 2.83 bits per heavy atom. The van der Waals surface area contributed by atoms with Crippen LogP contribution < -0.4 is 15.4 Å². The van der Waals surface area contributed by atoms with Gasteiger partial charge < -0.3 is 20.3 Å². The van der Waals surface area contributed by atoms with Crippen molar-refractivity contribution in [3.63, 3.8) is 0 Å². The largest absolute Gasteiger partial charge is 0.495 e. The number of hydrogen-bond donors (Lipinski definition) is 2. The first-order valence-electron chi connectivity index (χ1n) is 10.7. The molecule has 12 heteroatoms. The molecule has 1 aromatic carbocycles. The number of likely N-dealkylation sites (N-methyl/N-ethyl adjacent to an activating group) is 1. The molecule has 0 unspecified atom stereocenters. The minimum absolute atomic E-state index is 0.0998. The Kier molecular flexibility index (Phi) is 6.83. The zero-order valence-corrected chi connectivity index (χ0v) is 19.4. The van der Waals surface area contributed by atoms with Crippen LogP contribution in [0.3, 0.4) is 0 Å². The molecule has 35 heavy (non-hydrogen) atoms. The predicted octanol–water partition coefficient (Wildman–Crippen LogP) is 2.74. The molecule has 0 saturated heterocycles. The molecule has 0 aliphatic rings. The number of amides is 1. The molecule has 3 aromatic heterocycles. The van der Waals surface area contributed by atoms with Gasteiger partial charge in [0.25, 0.3) is 11.6 Å². The average molecular weight is 476 g/mol. The first-order valence-corrected chi connectivity index (χ1v) is 10.7. The fourth-order valence-electron chi connectivity index (χ4n) is 3.48. The second kappa shape index (κ2) is 10.1. The summed E-state index contributed by atoms with van der Waals surface area (Å²) in [4.78, 5) is 34.4. The van der Waals surface area contributed by atoms with Crippen LogP contribution in [0, 0.1) is 10.1 Å². The maximum absolute atomic E-state index is 12.6. The number of nitrogens with zero attached hydrogens (tertiary/aromatic N) is 6. The third-order valence-electron chi connectivity index (χ3n) is 5.21. The molecule has 180 valence electrons. The minimum Gasteiger partial charge on any atom is -0.495 e. The Hall–Kier alpha value is -4.58. The quantitative estimate of drug-likeness (QED) is 0.276. The molecule has 0 aliphatic heterocycles. The van der Waals surface area contributed by atoms with Crippen LogP contribution in [0.1, 0.15) is 10.4 Å². The van der Waals surface area contributed by atoms with Gasteiger partial charge in [-0.25, -0.2) is 14.5 Å². The maximum Gasteiger partial charge on any atom is 0.284 e. The van der Waals surface area contributed by atoms with E-state index in [0.717, 1.165) is 11.1 Å². The van der Waals surface area contributed by atoms with Crippen molar-refractivity contribution < 1.29 is 14.5 Å². The lowest BCUT2D eigenvalue weighted by Crippen LogP contribution is -2.31. The van der Waals surface area contributed by atoms with Gasteiger partial charge in [-0.2, -0.15) is 5.10 Å². The number of methoxy groups -OCH3 is 1. The third-order valence-corrected chi connectivity index (χ3v) is 5.21. The van der Waals surface area contributed by atoms with Crippen molar-refractivity contribution in [2.45, 2.75) is 0 Å². The van der Waals surface area contributed by atoms with E-state index in [1.807, 2.05) is 43.4 Å². The first kappa shape index (κ1) is 23.6. The third kappa shape index (κ3) is 5.17. The van der Waals surface area contributed by atoms with Gasteiger partial charge >= 0.3 is 0 Å². The van der Waals surface area contributed by atoms with E-state index in [2.05, 4.69) is 25.7 Å². The van der Waals surface area contributed by atoms with Crippen molar-refractivity contribution in [2.75, 3.05) is 39.6 Å². The summed E-state index contributed by atoms with van der Waals surface area (Å²) in [5.41, 5.74) is 2.08. The van der Waals surface area contributed by atoms with E-state index in [-0.39, 0.29) is 28.6 Å². The number of nitro groups is 1. The van der Waals surface area contributed by atoms with Crippen LogP contribution in [0.5, 0.6) is 5.75 Å². The summed E-state index contributed by atoms with van der Waals surface area (Å²) in [5, 5.41) is 21.7. The number of carbonyl (C=O) groups excluding carboxylic acids is 1. The second-order valence-electron chi connectivity index (χ2n) is 7.87. The molecular weight excluding hydrogens is 452 g/mol. The topological polar surface area (TPSA) is 140 Å². The number of carbonyl (C=O) groups is 1. The van der Waals surface area contributed by atoms with Crippen molar-refractivity contribution in [3.05, 3.63) is 70.7 Å². The maximum atomic E-state index is 12.6. The molecule has 1 amide bonds. The fourth-order valence-corrected chi connectivity index (χ4v) is 3.48. The van der Waals surface area contributed by atoms with Crippen LogP contribution >= 0.6 is 0 Å². The van der Waals surface area contributed by atoms with E-state index in [4.69, 9.17) is 4.74 Å². The smallest absolute Gasteiger partial charge is 0.284 e. The van der Waals surface area contributed by atoms with E-state index in [1.54, 1.807) is 23.0 Å². The molecule has 2 N–H and O–H groups in total. The highest BCUT2D eigenvalue weighted by Gasteiger charge is 2.24. The normalized spacial score (nSPS) is 11.0. The summed E-state index contributed by atoms with van der Waals surface area (Å²) in [7, 11) is 5.14. The van der Waals surface area contributed by atoms with Gasteiger partial charge in [-0.3, -0.25) is 14.9 Å². The fraction of sp³-hybridized carbons (Fsp3) is 0.217. The second-order valence-corrected chi connectivity index (χ2v) is 7.87. The lowest BCUT2D eigenvalue weighted by atomic mass is 10.1. The van der Waals surface area contributed by atoms with Crippen LogP contribution in [0.25, 0.3) is 16.8 Å². The highest BCUT2D eigenvalue weighted by molar-refractivity contribution is 5.99. The van der Waals surface area contributed by atoms with Crippen LogP contribution in [-0.2, 0) is 0 Å². The van der Waals surface area contributed by atoms with Gasteiger partial charge in [0, 0.05) is 43.2 Å². The molecule has 0 radical (unpaired) electrons. The zero-order chi connectivity index (χ0) is 24.9. The van der Waals surface area contributed by atoms with E-state index in [0.29, 0.717) is 18.8 Å². The Balaban J connectivity index is 1.65. The predicted molar refractivity (Wildman–Crippen MR) is 130 cm³/mol. The Bertz CT molecular complexity index is 1390. The van der Waals surface area contributed by atoms with Crippen molar-refractivity contribution in [1.29, 1.82) is 0 Å². The van der Waals surface area contributed by atoms with Crippen molar-refractivity contribution in [2.24, 2.45) is 0 Å². The first-order chi connectivity index (χ1) is 16.9. The number of anilines is 2. The Labute approximate surface area is 200 Å². The van der Waals surface area contributed by atoms with Gasteiger partial charge in [0.15, 0.2) is 0 Å². The van der Waals surface area contributed by atoms with Crippen LogP contribution in [0.15, 0.2) is 55.0 Å². The van der Waals surface area contributed by atoms with Crippen molar-refractivity contribution in [1.82, 2.24) is 29.8 Å².